The van der Waals surface area contributed by atoms with Crippen molar-refractivity contribution in [3.63, 3.8) is 0 Å². The lowest BCUT2D eigenvalue weighted by Crippen LogP contribution is -2.23. The topological polar surface area (TPSA) is 108 Å². The average molecular weight is 589 g/mol. The second-order valence-corrected chi connectivity index (χ2v) is 10.7. The molecule has 0 unspecified atom stereocenters. The number of carbonyl (C=O) groups is 1. The number of aromatic nitrogens is 3. The molecule has 0 aliphatic heterocycles. The van der Waals surface area contributed by atoms with Crippen molar-refractivity contribution in [3.8, 4) is 28.8 Å². The molecule has 0 spiro atoms. The predicted molar refractivity (Wildman–Crippen MR) is 158 cm³/mol. The molecule has 0 amide bonds. The van der Waals surface area contributed by atoms with E-state index in [0.717, 1.165) is 17.7 Å². The highest BCUT2D eigenvalue weighted by Crippen LogP contribution is 2.37. The number of anilines is 2. The minimum absolute atomic E-state index is 0.102. The predicted octanol–water partition coefficient (Wildman–Crippen LogP) is 6.85. The fraction of sp³-hybridized carbons (Fsp3) is 0.219. The van der Waals surface area contributed by atoms with Crippen molar-refractivity contribution >= 4 is 28.4 Å². The molecule has 5 aromatic rings. The number of benzene rings is 3. The van der Waals surface area contributed by atoms with E-state index in [1.54, 1.807) is 76.5 Å². The lowest BCUT2D eigenvalue weighted by Gasteiger charge is -2.19. The first-order valence-electron chi connectivity index (χ1n) is 13.3. The Balaban J connectivity index is 1.59. The quantitative estimate of drug-likeness (QED) is 0.190. The van der Waals surface area contributed by atoms with Crippen LogP contribution >= 0.6 is 0 Å². The van der Waals surface area contributed by atoms with Crippen LogP contribution in [0.5, 0.6) is 17.4 Å². The number of halogens is 2. The van der Waals surface area contributed by atoms with Crippen LogP contribution in [0.25, 0.3) is 22.3 Å². The van der Waals surface area contributed by atoms with Crippen molar-refractivity contribution in [1.82, 2.24) is 14.5 Å². The Bertz CT molecular complexity index is 1790. The van der Waals surface area contributed by atoms with Gasteiger partial charge in [0.2, 0.25) is 5.88 Å². The summed E-state index contributed by atoms with van der Waals surface area (Å²) in [6.45, 7) is 5.52. The second kappa shape index (κ2) is 11.6. The number of aromatic hydroxyl groups is 1. The number of esters is 1. The fourth-order valence-corrected chi connectivity index (χ4v) is 4.51. The van der Waals surface area contributed by atoms with E-state index >= 15 is 0 Å². The molecule has 0 bridgehead atoms. The van der Waals surface area contributed by atoms with Gasteiger partial charge in [0.05, 0.1) is 37.4 Å². The van der Waals surface area contributed by atoms with Gasteiger partial charge in [0.1, 0.15) is 39.9 Å². The third kappa shape index (κ3) is 6.20. The minimum atomic E-state index is -0.835. The molecule has 0 fully saturated rings. The Morgan fingerprint density at radius 2 is 1.67 bits per heavy atom. The lowest BCUT2D eigenvalue weighted by molar-refractivity contribution is 0.00695. The minimum Gasteiger partial charge on any atom is -0.497 e. The highest BCUT2D eigenvalue weighted by Gasteiger charge is 2.23. The second-order valence-electron chi connectivity index (χ2n) is 10.7. The number of nitrogens with one attached hydrogen (secondary N) is 1. The number of fused-ring (bicyclic) bond motifs is 1. The third-order valence-corrected chi connectivity index (χ3v) is 6.51. The molecule has 0 aliphatic rings. The summed E-state index contributed by atoms with van der Waals surface area (Å²) in [6, 6.07) is 15.2. The van der Waals surface area contributed by atoms with Gasteiger partial charge in [0, 0.05) is 23.5 Å². The Hall–Kier alpha value is -5.19. The van der Waals surface area contributed by atoms with E-state index in [-0.39, 0.29) is 35.0 Å². The van der Waals surface area contributed by atoms with Crippen LogP contribution in [-0.2, 0) is 11.3 Å². The van der Waals surface area contributed by atoms with Gasteiger partial charge < -0.3 is 29.2 Å². The van der Waals surface area contributed by atoms with Crippen molar-refractivity contribution < 1.29 is 32.9 Å². The van der Waals surface area contributed by atoms with E-state index in [2.05, 4.69) is 15.3 Å². The van der Waals surface area contributed by atoms with E-state index in [4.69, 9.17) is 14.2 Å². The molecule has 3 aromatic carbocycles. The third-order valence-electron chi connectivity index (χ3n) is 6.51. The summed E-state index contributed by atoms with van der Waals surface area (Å²) in [5.74, 6) is -1.29. The molecule has 0 saturated carbocycles. The van der Waals surface area contributed by atoms with Crippen LogP contribution in [0.15, 0.2) is 66.9 Å². The molecule has 43 heavy (non-hydrogen) atoms. The van der Waals surface area contributed by atoms with Gasteiger partial charge in [-0.05, 0) is 69.3 Å². The van der Waals surface area contributed by atoms with Crippen molar-refractivity contribution in [3.05, 3.63) is 89.6 Å². The molecule has 0 aliphatic carbocycles. The van der Waals surface area contributed by atoms with Gasteiger partial charge >= 0.3 is 5.97 Å². The number of rotatable bonds is 8. The highest BCUT2D eigenvalue weighted by molar-refractivity contribution is 5.97. The molecule has 0 saturated heterocycles. The van der Waals surface area contributed by atoms with Crippen LogP contribution in [0.4, 0.5) is 20.3 Å². The monoisotopic (exact) mass is 588 g/mol. The summed E-state index contributed by atoms with van der Waals surface area (Å²) < 4.78 is 47.3. The van der Waals surface area contributed by atoms with Crippen molar-refractivity contribution in [2.75, 3.05) is 19.5 Å². The van der Waals surface area contributed by atoms with Gasteiger partial charge in [-0.15, -0.1) is 0 Å². The summed E-state index contributed by atoms with van der Waals surface area (Å²) in [5, 5.41) is 14.7. The van der Waals surface area contributed by atoms with Crippen LogP contribution in [0.3, 0.4) is 0 Å². The Morgan fingerprint density at radius 3 is 2.30 bits per heavy atom. The maximum absolute atomic E-state index is 14.8. The number of hydrogen-bond donors (Lipinski definition) is 2. The summed E-state index contributed by atoms with van der Waals surface area (Å²) in [6.07, 6.45) is 1.56. The highest BCUT2D eigenvalue weighted by atomic mass is 19.1. The van der Waals surface area contributed by atoms with E-state index in [1.807, 2.05) is 0 Å². The maximum atomic E-state index is 14.8. The van der Waals surface area contributed by atoms with Crippen LogP contribution in [-0.4, -0.2) is 45.4 Å². The van der Waals surface area contributed by atoms with E-state index in [1.165, 1.54) is 17.7 Å². The number of ether oxygens (including phenoxy) is 3. The molecule has 11 heteroatoms. The Labute approximate surface area is 246 Å². The zero-order valence-corrected chi connectivity index (χ0v) is 24.2. The van der Waals surface area contributed by atoms with Gasteiger partial charge in [-0.3, -0.25) is 0 Å². The largest absolute Gasteiger partial charge is 0.497 e. The van der Waals surface area contributed by atoms with Crippen LogP contribution in [0.2, 0.25) is 0 Å². The van der Waals surface area contributed by atoms with Crippen LogP contribution in [0, 0.1) is 11.6 Å². The average Bonchev–Trinajstić information content (AvgIpc) is 3.27. The smallest absolute Gasteiger partial charge is 0.338 e. The first-order valence-corrected chi connectivity index (χ1v) is 13.3. The number of nitrogens with zero attached hydrogens (tertiary/aromatic N) is 3. The molecule has 2 aromatic heterocycles. The lowest BCUT2D eigenvalue weighted by atomic mass is 10.1. The van der Waals surface area contributed by atoms with Gasteiger partial charge in [-0.1, -0.05) is 6.07 Å². The number of hydrogen-bond acceptors (Lipinski definition) is 8. The molecule has 2 heterocycles. The fourth-order valence-electron chi connectivity index (χ4n) is 4.51. The molecular formula is C32H30F2N4O5. The normalized spacial score (nSPS) is 11.4. The summed E-state index contributed by atoms with van der Waals surface area (Å²) in [5.41, 5.74) is 0.752. The Kier molecular flexibility index (Phi) is 7.90. The first kappa shape index (κ1) is 29.3. The van der Waals surface area contributed by atoms with Crippen molar-refractivity contribution in [2.24, 2.45) is 0 Å². The number of carbonyl (C=O) groups excluding carboxylic acids is 1. The molecule has 0 radical (unpaired) electrons. The standard InChI is InChI=1S/C32H30F2N4O5/c1-32(2,3)43-31(40)18-9-12-20(13-10-18)35-29-27-24(36-28(37-29)26-22(33)7-6-8-23(26)34)17-38(30(27)39)16-19-11-14-21(41-4)15-25(19)42-5/h6-15,17,39H,16H2,1-5H3,(H,35,36,37). The van der Waals surface area contributed by atoms with Gasteiger partial charge in [-0.2, -0.15) is 0 Å². The summed E-state index contributed by atoms with van der Waals surface area (Å²) >= 11 is 0. The van der Waals surface area contributed by atoms with Crippen molar-refractivity contribution in [2.45, 2.75) is 32.9 Å². The molecule has 222 valence electrons. The summed E-state index contributed by atoms with van der Waals surface area (Å²) in [7, 11) is 3.08. The molecule has 5 rings (SSSR count). The van der Waals surface area contributed by atoms with Gasteiger partial charge in [0.25, 0.3) is 0 Å². The SMILES string of the molecule is COc1ccc(Cn2cc3nc(-c4c(F)cccc4F)nc(Nc4ccc(C(=O)OC(C)(C)C)cc4)c3c2O)c(OC)c1. The molecular weight excluding hydrogens is 558 g/mol. The zero-order chi connectivity index (χ0) is 30.9. The first-order chi connectivity index (χ1) is 20.5. The Morgan fingerprint density at radius 1 is 0.977 bits per heavy atom. The van der Waals surface area contributed by atoms with Gasteiger partial charge in [-0.25, -0.2) is 23.5 Å². The maximum Gasteiger partial charge on any atom is 0.338 e. The molecule has 0 atom stereocenters. The van der Waals surface area contributed by atoms with Crippen LogP contribution < -0.4 is 14.8 Å². The van der Waals surface area contributed by atoms with E-state index in [9.17, 15) is 18.7 Å². The zero-order valence-electron chi connectivity index (χ0n) is 24.2. The van der Waals surface area contributed by atoms with Crippen LogP contribution in [0.1, 0.15) is 36.7 Å². The number of methoxy groups -OCH3 is 2. The molecule has 2 N–H and O–H groups in total. The van der Waals surface area contributed by atoms with Gasteiger partial charge in [0.15, 0.2) is 5.82 Å². The van der Waals surface area contributed by atoms with E-state index in [0.29, 0.717) is 22.7 Å². The molecule has 9 nitrogen and oxygen atoms in total. The summed E-state index contributed by atoms with van der Waals surface area (Å²) in [4.78, 5) is 21.3. The van der Waals surface area contributed by atoms with Crippen molar-refractivity contribution in [1.29, 1.82) is 0 Å². The van der Waals surface area contributed by atoms with E-state index < -0.39 is 28.8 Å².